The molecule has 6 nitrogen and oxygen atoms in total. The Bertz CT molecular complexity index is 449. The average molecular weight is 214 g/mol. The van der Waals surface area contributed by atoms with Crippen LogP contribution in [-0.2, 0) is 17.1 Å². The molecule has 1 aromatic heterocycles. The number of rotatable bonds is 3. The molecule has 0 aliphatic rings. The highest BCUT2D eigenvalue weighted by atomic mass is 32.2. The number of nitrogens with zero attached hydrogens (tertiary/aromatic N) is 3. The quantitative estimate of drug-likeness (QED) is 0.689. The molecule has 0 atom stereocenters. The third-order valence-electron chi connectivity index (χ3n) is 1.70. The number of nitriles is 1. The van der Waals surface area contributed by atoms with E-state index < -0.39 is 10.0 Å². The van der Waals surface area contributed by atoms with Crippen LogP contribution in [0.15, 0.2) is 11.2 Å². The molecule has 0 aliphatic heterocycles. The fraction of sp³-hybridized carbons (Fsp3) is 0.429. The second kappa shape index (κ2) is 3.77. The van der Waals surface area contributed by atoms with Crippen LogP contribution in [0.25, 0.3) is 0 Å². The van der Waals surface area contributed by atoms with Gasteiger partial charge in [-0.1, -0.05) is 0 Å². The summed E-state index contributed by atoms with van der Waals surface area (Å²) in [5.74, 6) is 0.599. The van der Waals surface area contributed by atoms with Crippen LogP contribution in [-0.4, -0.2) is 24.5 Å². The second-order valence-corrected chi connectivity index (χ2v) is 4.43. The van der Waals surface area contributed by atoms with Gasteiger partial charge in [-0.05, 0) is 6.92 Å². The van der Waals surface area contributed by atoms with E-state index in [2.05, 4.69) is 9.71 Å². The molecule has 0 saturated carbocycles. The lowest BCUT2D eigenvalue weighted by Crippen LogP contribution is -2.24. The van der Waals surface area contributed by atoms with Crippen LogP contribution in [0.5, 0.6) is 0 Å². The molecule has 0 spiro atoms. The van der Waals surface area contributed by atoms with Gasteiger partial charge in [-0.15, -0.1) is 0 Å². The van der Waals surface area contributed by atoms with Crippen molar-refractivity contribution in [3.05, 3.63) is 12.0 Å². The predicted molar refractivity (Wildman–Crippen MR) is 48.7 cm³/mol. The van der Waals surface area contributed by atoms with Crippen molar-refractivity contribution in [1.29, 1.82) is 5.26 Å². The highest BCUT2D eigenvalue weighted by Crippen LogP contribution is 2.06. The fourth-order valence-electron chi connectivity index (χ4n) is 0.857. The van der Waals surface area contributed by atoms with Gasteiger partial charge in [0.25, 0.3) is 10.0 Å². The highest BCUT2D eigenvalue weighted by molar-refractivity contribution is 7.89. The topological polar surface area (TPSA) is 87.8 Å². The smallest absolute Gasteiger partial charge is 0.260 e. The molecule has 14 heavy (non-hydrogen) atoms. The van der Waals surface area contributed by atoms with Crippen LogP contribution in [0.2, 0.25) is 0 Å². The van der Waals surface area contributed by atoms with Crippen LogP contribution < -0.4 is 4.72 Å². The Morgan fingerprint density at radius 3 is 2.79 bits per heavy atom. The van der Waals surface area contributed by atoms with E-state index in [1.807, 2.05) is 0 Å². The molecule has 0 aliphatic carbocycles. The van der Waals surface area contributed by atoms with Gasteiger partial charge in [-0.25, -0.2) is 13.4 Å². The largest absolute Gasteiger partial charge is 0.337 e. The van der Waals surface area contributed by atoms with Gasteiger partial charge in [0, 0.05) is 13.2 Å². The van der Waals surface area contributed by atoms with E-state index >= 15 is 0 Å². The number of aromatic nitrogens is 2. The van der Waals surface area contributed by atoms with Gasteiger partial charge in [0.2, 0.25) is 0 Å². The first-order valence-corrected chi connectivity index (χ1v) is 5.32. The lowest BCUT2D eigenvalue weighted by molar-refractivity contribution is 0.582. The number of aryl methyl sites for hydroxylation is 2. The van der Waals surface area contributed by atoms with E-state index in [4.69, 9.17) is 5.26 Å². The summed E-state index contributed by atoms with van der Waals surface area (Å²) in [6, 6.07) is 1.69. The summed E-state index contributed by atoms with van der Waals surface area (Å²) >= 11 is 0. The molecule has 0 unspecified atom stereocenters. The third kappa shape index (κ3) is 2.10. The maximum Gasteiger partial charge on any atom is 0.260 e. The molecular formula is C7H10N4O2S. The summed E-state index contributed by atoms with van der Waals surface area (Å²) < 4.78 is 26.5. The average Bonchev–Trinajstić information content (AvgIpc) is 2.45. The Morgan fingerprint density at radius 2 is 2.36 bits per heavy atom. The van der Waals surface area contributed by atoms with Gasteiger partial charge in [-0.3, -0.25) is 0 Å². The van der Waals surface area contributed by atoms with Crippen molar-refractivity contribution in [2.24, 2.45) is 7.05 Å². The second-order valence-electron chi connectivity index (χ2n) is 2.72. The molecule has 76 valence electrons. The van der Waals surface area contributed by atoms with Crippen LogP contribution in [0, 0.1) is 18.3 Å². The van der Waals surface area contributed by atoms with Gasteiger partial charge in [0.1, 0.15) is 5.82 Å². The van der Waals surface area contributed by atoms with Crippen LogP contribution >= 0.6 is 0 Å². The van der Waals surface area contributed by atoms with Crippen molar-refractivity contribution in [3.63, 3.8) is 0 Å². The first-order chi connectivity index (χ1) is 6.47. The summed E-state index contributed by atoms with van der Waals surface area (Å²) in [4.78, 5) is 3.84. The highest BCUT2D eigenvalue weighted by Gasteiger charge is 2.17. The summed E-state index contributed by atoms with van der Waals surface area (Å²) in [6.45, 7) is 1.45. The Hall–Kier alpha value is -1.39. The molecule has 1 N–H and O–H groups in total. The molecule has 7 heteroatoms. The lowest BCUT2D eigenvalue weighted by Gasteiger charge is -1.97. The zero-order valence-corrected chi connectivity index (χ0v) is 8.67. The minimum atomic E-state index is -3.63. The number of hydrogen-bond acceptors (Lipinski definition) is 4. The Balaban J connectivity index is 3.00. The van der Waals surface area contributed by atoms with Crippen LogP contribution in [0.3, 0.4) is 0 Å². The molecule has 0 bridgehead atoms. The van der Waals surface area contributed by atoms with Gasteiger partial charge >= 0.3 is 0 Å². The van der Waals surface area contributed by atoms with E-state index in [0.29, 0.717) is 5.82 Å². The van der Waals surface area contributed by atoms with E-state index in [0.717, 1.165) is 0 Å². The van der Waals surface area contributed by atoms with E-state index in [9.17, 15) is 8.42 Å². The van der Waals surface area contributed by atoms with Crippen molar-refractivity contribution < 1.29 is 8.42 Å². The Kier molecular flexibility index (Phi) is 2.88. The van der Waals surface area contributed by atoms with Gasteiger partial charge in [0.05, 0.1) is 12.6 Å². The minimum absolute atomic E-state index is 0.0623. The fourth-order valence-corrected chi connectivity index (χ4v) is 1.81. The lowest BCUT2D eigenvalue weighted by atomic mass is 10.7. The van der Waals surface area contributed by atoms with Crippen LogP contribution in [0.1, 0.15) is 5.82 Å². The predicted octanol–water partition coefficient (Wildman–Crippen LogP) is -0.470. The molecule has 0 amide bonds. The number of imidazole rings is 1. The number of nitrogens with one attached hydrogen (secondary N) is 1. The van der Waals surface area contributed by atoms with Crippen molar-refractivity contribution in [3.8, 4) is 6.07 Å². The van der Waals surface area contributed by atoms with E-state index in [1.165, 1.54) is 6.20 Å². The first kappa shape index (κ1) is 10.7. The van der Waals surface area contributed by atoms with Gasteiger partial charge < -0.3 is 4.57 Å². The molecule has 0 aromatic carbocycles. The van der Waals surface area contributed by atoms with Crippen molar-refractivity contribution in [2.45, 2.75) is 11.9 Å². The van der Waals surface area contributed by atoms with Crippen molar-refractivity contribution in [2.75, 3.05) is 6.54 Å². The van der Waals surface area contributed by atoms with E-state index in [1.54, 1.807) is 24.6 Å². The normalized spacial score (nSPS) is 11.2. The Labute approximate surface area is 82.2 Å². The summed E-state index contributed by atoms with van der Waals surface area (Å²) in [5.41, 5.74) is 0. The van der Waals surface area contributed by atoms with E-state index in [-0.39, 0.29) is 11.6 Å². The molecule has 0 radical (unpaired) electrons. The van der Waals surface area contributed by atoms with Gasteiger partial charge in [-0.2, -0.15) is 9.98 Å². The molecule has 0 saturated heterocycles. The van der Waals surface area contributed by atoms with Crippen LogP contribution in [0.4, 0.5) is 0 Å². The number of sulfonamides is 1. The molecule has 1 rings (SSSR count). The SMILES string of the molecule is Cc1nc(S(=O)(=O)NCC#N)cn1C. The standard InChI is InChI=1S/C7H10N4O2S/c1-6-10-7(5-11(6)2)14(12,13)9-4-3-8/h5,9H,4H2,1-2H3. The van der Waals surface area contributed by atoms with Gasteiger partial charge in [0.15, 0.2) is 5.03 Å². The zero-order valence-electron chi connectivity index (χ0n) is 7.85. The first-order valence-electron chi connectivity index (χ1n) is 3.84. The zero-order chi connectivity index (χ0) is 10.8. The maximum absolute atomic E-state index is 11.4. The summed E-state index contributed by atoms with van der Waals surface area (Å²) in [5, 5.41) is 8.17. The Morgan fingerprint density at radius 1 is 1.71 bits per heavy atom. The van der Waals surface area contributed by atoms with Crippen molar-refractivity contribution >= 4 is 10.0 Å². The summed E-state index contributed by atoms with van der Waals surface area (Å²) in [7, 11) is -1.93. The minimum Gasteiger partial charge on any atom is -0.337 e. The third-order valence-corrected chi connectivity index (χ3v) is 2.97. The molecule has 1 heterocycles. The maximum atomic E-state index is 11.4. The molecule has 1 aromatic rings. The molecule has 0 fully saturated rings. The monoisotopic (exact) mass is 214 g/mol. The summed E-state index contributed by atoms with van der Waals surface area (Å²) in [6.07, 6.45) is 1.40. The number of hydrogen-bond donors (Lipinski definition) is 1. The van der Waals surface area contributed by atoms with Crippen molar-refractivity contribution in [1.82, 2.24) is 14.3 Å². The molecular weight excluding hydrogens is 204 g/mol.